The van der Waals surface area contributed by atoms with Crippen LogP contribution in [0, 0.1) is 11.8 Å². The fourth-order valence-corrected chi connectivity index (χ4v) is 2.74. The van der Waals surface area contributed by atoms with Gasteiger partial charge < -0.3 is 5.32 Å². The number of aromatic nitrogens is 2. The van der Waals surface area contributed by atoms with Crippen molar-refractivity contribution in [3.63, 3.8) is 0 Å². The van der Waals surface area contributed by atoms with E-state index in [4.69, 9.17) is 0 Å². The van der Waals surface area contributed by atoms with E-state index in [0.717, 1.165) is 24.0 Å². The van der Waals surface area contributed by atoms with Crippen molar-refractivity contribution in [2.24, 2.45) is 11.8 Å². The van der Waals surface area contributed by atoms with Crippen LogP contribution in [0.3, 0.4) is 0 Å². The number of rotatable bonds is 6. The molecule has 1 aromatic heterocycles. The summed E-state index contributed by atoms with van der Waals surface area (Å²) < 4.78 is 0. The third kappa shape index (κ3) is 3.25. The van der Waals surface area contributed by atoms with E-state index in [2.05, 4.69) is 36.3 Å². The van der Waals surface area contributed by atoms with Crippen molar-refractivity contribution < 1.29 is 0 Å². The summed E-state index contributed by atoms with van der Waals surface area (Å²) in [5.41, 5.74) is 0. The van der Waals surface area contributed by atoms with Crippen molar-refractivity contribution in [1.82, 2.24) is 15.5 Å². The molecular formula is C12H21N3S. The molecular weight excluding hydrogens is 218 g/mol. The first-order valence-corrected chi connectivity index (χ1v) is 7.01. The normalized spacial score (nSPS) is 18.0. The van der Waals surface area contributed by atoms with Crippen molar-refractivity contribution in [3.8, 4) is 0 Å². The molecule has 1 unspecified atom stereocenters. The standard InChI is InChI=1S/C12H21N3S/c1-8(2)6-13-7-11-14-15-12(16-11)9(3)10-4-5-10/h8-10,13H,4-7H2,1-3H3. The van der Waals surface area contributed by atoms with Crippen LogP contribution >= 0.6 is 11.3 Å². The molecule has 0 bridgehead atoms. The molecule has 1 aliphatic carbocycles. The highest BCUT2D eigenvalue weighted by Crippen LogP contribution is 2.42. The van der Waals surface area contributed by atoms with Crippen molar-refractivity contribution >= 4 is 11.3 Å². The largest absolute Gasteiger partial charge is 0.310 e. The third-order valence-electron chi connectivity index (χ3n) is 3.03. The van der Waals surface area contributed by atoms with Crippen LogP contribution in [0.25, 0.3) is 0 Å². The zero-order valence-electron chi connectivity index (χ0n) is 10.4. The first kappa shape index (κ1) is 12.0. The van der Waals surface area contributed by atoms with Crippen LogP contribution in [-0.2, 0) is 6.54 Å². The van der Waals surface area contributed by atoms with Crippen LogP contribution in [0.2, 0.25) is 0 Å². The van der Waals surface area contributed by atoms with E-state index in [9.17, 15) is 0 Å². The average molecular weight is 239 g/mol. The van der Waals surface area contributed by atoms with Crippen molar-refractivity contribution in [3.05, 3.63) is 10.0 Å². The van der Waals surface area contributed by atoms with Gasteiger partial charge in [-0.05, 0) is 31.2 Å². The summed E-state index contributed by atoms with van der Waals surface area (Å²) in [6.45, 7) is 8.63. The number of hydrogen-bond acceptors (Lipinski definition) is 4. The Balaban J connectivity index is 1.82. The van der Waals surface area contributed by atoms with Gasteiger partial charge in [0, 0.05) is 12.5 Å². The highest BCUT2D eigenvalue weighted by atomic mass is 32.1. The van der Waals surface area contributed by atoms with Gasteiger partial charge in [0.2, 0.25) is 0 Å². The second kappa shape index (κ2) is 5.23. The fraction of sp³-hybridized carbons (Fsp3) is 0.833. The molecule has 1 atom stereocenters. The fourth-order valence-electron chi connectivity index (χ4n) is 1.79. The molecule has 16 heavy (non-hydrogen) atoms. The molecule has 90 valence electrons. The van der Waals surface area contributed by atoms with Gasteiger partial charge in [-0.15, -0.1) is 10.2 Å². The van der Waals surface area contributed by atoms with Crippen molar-refractivity contribution in [1.29, 1.82) is 0 Å². The van der Waals surface area contributed by atoms with Crippen molar-refractivity contribution in [2.45, 2.75) is 46.1 Å². The zero-order chi connectivity index (χ0) is 11.5. The summed E-state index contributed by atoms with van der Waals surface area (Å²) in [7, 11) is 0. The van der Waals surface area contributed by atoms with Crippen LogP contribution in [-0.4, -0.2) is 16.7 Å². The quantitative estimate of drug-likeness (QED) is 0.829. The lowest BCUT2D eigenvalue weighted by atomic mass is 10.1. The van der Waals surface area contributed by atoms with Gasteiger partial charge in [-0.1, -0.05) is 32.1 Å². The highest BCUT2D eigenvalue weighted by Gasteiger charge is 2.31. The first-order chi connectivity index (χ1) is 7.66. The Morgan fingerprint density at radius 3 is 2.69 bits per heavy atom. The smallest absolute Gasteiger partial charge is 0.131 e. The van der Waals surface area contributed by atoms with Crippen LogP contribution in [0.15, 0.2) is 0 Å². The topological polar surface area (TPSA) is 37.8 Å². The van der Waals surface area contributed by atoms with E-state index in [-0.39, 0.29) is 0 Å². The Morgan fingerprint density at radius 1 is 1.31 bits per heavy atom. The molecule has 1 heterocycles. The predicted octanol–water partition coefficient (Wildman–Crippen LogP) is 2.80. The van der Waals surface area contributed by atoms with Gasteiger partial charge in [-0.2, -0.15) is 0 Å². The monoisotopic (exact) mass is 239 g/mol. The lowest BCUT2D eigenvalue weighted by Gasteiger charge is -2.04. The number of nitrogens with one attached hydrogen (secondary N) is 1. The molecule has 4 heteroatoms. The molecule has 1 aliphatic rings. The second-order valence-corrected chi connectivity index (χ2v) is 6.28. The van der Waals surface area contributed by atoms with Gasteiger partial charge in [0.1, 0.15) is 10.0 Å². The summed E-state index contributed by atoms with van der Waals surface area (Å²) in [6.07, 6.45) is 2.75. The molecule has 0 amide bonds. The van der Waals surface area contributed by atoms with Crippen LogP contribution in [0.1, 0.15) is 49.5 Å². The van der Waals surface area contributed by atoms with Gasteiger partial charge >= 0.3 is 0 Å². The molecule has 0 saturated heterocycles. The molecule has 2 rings (SSSR count). The maximum atomic E-state index is 4.30. The van der Waals surface area contributed by atoms with Crippen molar-refractivity contribution in [2.75, 3.05) is 6.54 Å². The third-order valence-corrected chi connectivity index (χ3v) is 4.15. The lowest BCUT2D eigenvalue weighted by molar-refractivity contribution is 0.550. The molecule has 3 nitrogen and oxygen atoms in total. The molecule has 0 aliphatic heterocycles. The van der Waals surface area contributed by atoms with Crippen LogP contribution < -0.4 is 5.32 Å². The molecule has 1 aromatic rings. The number of nitrogens with zero attached hydrogens (tertiary/aromatic N) is 2. The van der Waals surface area contributed by atoms with Gasteiger partial charge in [0.15, 0.2) is 0 Å². The van der Waals surface area contributed by atoms with Gasteiger partial charge in [0.25, 0.3) is 0 Å². The summed E-state index contributed by atoms with van der Waals surface area (Å²) >= 11 is 1.78. The molecule has 0 aromatic carbocycles. The minimum absolute atomic E-state index is 0.622. The Labute approximate surface area is 102 Å². The SMILES string of the molecule is CC(C)CNCc1nnc(C(C)C2CC2)s1. The molecule has 1 fully saturated rings. The predicted molar refractivity (Wildman–Crippen MR) is 67.6 cm³/mol. The molecule has 0 spiro atoms. The maximum Gasteiger partial charge on any atom is 0.131 e. The Hall–Kier alpha value is -0.480. The Kier molecular flexibility index (Phi) is 3.92. The lowest BCUT2D eigenvalue weighted by Crippen LogP contribution is -2.18. The van der Waals surface area contributed by atoms with Gasteiger partial charge in [-0.25, -0.2) is 0 Å². The van der Waals surface area contributed by atoms with E-state index in [1.165, 1.54) is 17.8 Å². The Bertz CT molecular complexity index is 331. The molecule has 1 saturated carbocycles. The summed E-state index contributed by atoms with van der Waals surface area (Å²) in [5, 5.41) is 14.3. The summed E-state index contributed by atoms with van der Waals surface area (Å²) in [4.78, 5) is 0. The summed E-state index contributed by atoms with van der Waals surface area (Å²) in [5.74, 6) is 2.19. The minimum atomic E-state index is 0.622. The zero-order valence-corrected chi connectivity index (χ0v) is 11.2. The maximum absolute atomic E-state index is 4.30. The Morgan fingerprint density at radius 2 is 2.06 bits per heavy atom. The van der Waals surface area contributed by atoms with Crippen LogP contribution in [0.4, 0.5) is 0 Å². The van der Waals surface area contributed by atoms with E-state index < -0.39 is 0 Å². The van der Waals surface area contributed by atoms with E-state index in [1.54, 1.807) is 11.3 Å². The average Bonchev–Trinajstić information content (AvgIpc) is 2.97. The van der Waals surface area contributed by atoms with E-state index in [1.807, 2.05) is 0 Å². The second-order valence-electron chi connectivity index (χ2n) is 5.18. The van der Waals surface area contributed by atoms with Gasteiger partial charge in [0.05, 0.1) is 0 Å². The highest BCUT2D eigenvalue weighted by molar-refractivity contribution is 7.11. The van der Waals surface area contributed by atoms with E-state index >= 15 is 0 Å². The van der Waals surface area contributed by atoms with Crippen LogP contribution in [0.5, 0.6) is 0 Å². The minimum Gasteiger partial charge on any atom is -0.310 e. The molecule has 1 N–H and O–H groups in total. The molecule has 0 radical (unpaired) electrons. The van der Waals surface area contributed by atoms with E-state index in [0.29, 0.717) is 11.8 Å². The number of hydrogen-bond donors (Lipinski definition) is 1. The first-order valence-electron chi connectivity index (χ1n) is 6.19. The van der Waals surface area contributed by atoms with Gasteiger partial charge in [-0.3, -0.25) is 0 Å². The summed E-state index contributed by atoms with van der Waals surface area (Å²) in [6, 6.07) is 0.